The van der Waals surface area contributed by atoms with Crippen LogP contribution in [0.4, 0.5) is 5.69 Å². The van der Waals surface area contributed by atoms with Gasteiger partial charge in [-0.15, -0.1) is 0 Å². The lowest BCUT2D eigenvalue weighted by Crippen LogP contribution is -2.12. The van der Waals surface area contributed by atoms with Crippen LogP contribution in [-0.4, -0.2) is 16.0 Å². The van der Waals surface area contributed by atoms with E-state index in [1.54, 1.807) is 25.1 Å². The fourth-order valence-corrected chi connectivity index (χ4v) is 2.99. The average molecular weight is 358 g/mol. The van der Waals surface area contributed by atoms with E-state index >= 15 is 0 Å². The maximum absolute atomic E-state index is 12.5. The highest BCUT2D eigenvalue weighted by atomic mass is 16.3. The van der Waals surface area contributed by atoms with Crippen molar-refractivity contribution in [3.05, 3.63) is 77.4 Å². The molecule has 2 N–H and O–H groups in total. The summed E-state index contributed by atoms with van der Waals surface area (Å²) in [5.41, 5.74) is 4.55. The Kier molecular flexibility index (Phi) is 4.12. The minimum atomic E-state index is -0.215. The van der Waals surface area contributed by atoms with Crippen molar-refractivity contribution in [3.8, 4) is 17.2 Å². The zero-order chi connectivity index (χ0) is 19.0. The maximum atomic E-state index is 12.5. The number of carbonyl (C=O) groups excluding carboxylic acids is 1. The molecule has 1 aromatic heterocycles. The molecule has 5 heteroatoms. The van der Waals surface area contributed by atoms with E-state index in [2.05, 4.69) is 10.3 Å². The summed E-state index contributed by atoms with van der Waals surface area (Å²) in [7, 11) is 0. The van der Waals surface area contributed by atoms with Crippen LogP contribution in [0.3, 0.4) is 0 Å². The fraction of sp³-hybridized carbons (Fsp3) is 0.0909. The van der Waals surface area contributed by atoms with Gasteiger partial charge in [0, 0.05) is 11.3 Å². The van der Waals surface area contributed by atoms with Gasteiger partial charge in [0.15, 0.2) is 5.58 Å². The summed E-state index contributed by atoms with van der Waals surface area (Å²) in [4.78, 5) is 17.0. The Bertz CT molecular complexity index is 1130. The molecule has 0 unspecified atom stereocenters. The Balaban J connectivity index is 1.72. The van der Waals surface area contributed by atoms with Gasteiger partial charge in [-0.05, 0) is 55.8 Å². The van der Waals surface area contributed by atoms with Crippen molar-refractivity contribution < 1.29 is 14.3 Å². The molecular weight excluding hydrogens is 340 g/mol. The van der Waals surface area contributed by atoms with Gasteiger partial charge in [-0.25, -0.2) is 4.98 Å². The highest BCUT2D eigenvalue weighted by molar-refractivity contribution is 6.04. The largest absolute Gasteiger partial charge is 0.507 e. The number of benzene rings is 3. The van der Waals surface area contributed by atoms with Gasteiger partial charge in [0.1, 0.15) is 11.3 Å². The first kappa shape index (κ1) is 16.8. The minimum absolute atomic E-state index is 0.0788. The number of aromatic hydroxyl groups is 1. The lowest BCUT2D eigenvalue weighted by Gasteiger charge is -2.10. The number of phenols is 1. The monoisotopic (exact) mass is 358 g/mol. The van der Waals surface area contributed by atoms with Crippen molar-refractivity contribution in [1.29, 1.82) is 0 Å². The number of para-hydroxylation sites is 2. The molecule has 4 aromatic rings. The smallest absolute Gasteiger partial charge is 0.255 e. The van der Waals surface area contributed by atoms with Crippen LogP contribution >= 0.6 is 0 Å². The van der Waals surface area contributed by atoms with Gasteiger partial charge in [0.05, 0.1) is 5.56 Å². The van der Waals surface area contributed by atoms with Crippen LogP contribution in [0.5, 0.6) is 5.75 Å². The van der Waals surface area contributed by atoms with Crippen molar-refractivity contribution in [2.45, 2.75) is 13.8 Å². The van der Waals surface area contributed by atoms with Crippen LogP contribution in [0.25, 0.3) is 22.6 Å². The topological polar surface area (TPSA) is 75.4 Å². The number of aryl methyl sites for hydroxylation is 2. The van der Waals surface area contributed by atoms with Crippen molar-refractivity contribution in [3.63, 3.8) is 0 Å². The molecule has 0 atom stereocenters. The number of amides is 1. The van der Waals surface area contributed by atoms with Crippen LogP contribution in [-0.2, 0) is 0 Å². The number of oxazole rings is 1. The van der Waals surface area contributed by atoms with E-state index in [1.165, 1.54) is 0 Å². The number of rotatable bonds is 3. The lowest BCUT2D eigenvalue weighted by atomic mass is 10.1. The number of aromatic nitrogens is 1. The third-order valence-electron chi connectivity index (χ3n) is 4.36. The number of nitrogens with zero attached hydrogens (tertiary/aromatic N) is 1. The maximum Gasteiger partial charge on any atom is 0.255 e. The zero-order valence-corrected chi connectivity index (χ0v) is 15.0. The molecule has 0 fully saturated rings. The summed E-state index contributed by atoms with van der Waals surface area (Å²) in [5.74, 6) is 0.172. The van der Waals surface area contributed by atoms with E-state index in [-0.39, 0.29) is 11.7 Å². The second-order valence-electron chi connectivity index (χ2n) is 6.50. The summed E-state index contributed by atoms with van der Waals surface area (Å²) < 4.78 is 5.77. The minimum Gasteiger partial charge on any atom is -0.507 e. The predicted octanol–water partition coefficient (Wildman–Crippen LogP) is 5.07. The Morgan fingerprint density at radius 1 is 1.04 bits per heavy atom. The average Bonchev–Trinajstić information content (AvgIpc) is 3.08. The predicted molar refractivity (Wildman–Crippen MR) is 105 cm³/mol. The third kappa shape index (κ3) is 3.27. The molecule has 5 nitrogen and oxygen atoms in total. The van der Waals surface area contributed by atoms with E-state index in [1.807, 2.05) is 49.4 Å². The van der Waals surface area contributed by atoms with Gasteiger partial charge in [0.25, 0.3) is 5.91 Å². The van der Waals surface area contributed by atoms with Crippen LogP contribution < -0.4 is 5.32 Å². The van der Waals surface area contributed by atoms with Crippen molar-refractivity contribution in [1.82, 2.24) is 4.98 Å². The Hall–Kier alpha value is -3.60. The van der Waals surface area contributed by atoms with Gasteiger partial charge in [-0.2, -0.15) is 0 Å². The number of anilines is 1. The number of fused-ring (bicyclic) bond motifs is 1. The number of hydrogen-bond acceptors (Lipinski definition) is 4. The molecule has 0 aliphatic rings. The second kappa shape index (κ2) is 6.61. The molecule has 0 aliphatic carbocycles. The van der Waals surface area contributed by atoms with Crippen LogP contribution in [0.15, 0.2) is 65.1 Å². The highest BCUT2D eigenvalue weighted by Crippen LogP contribution is 2.36. The summed E-state index contributed by atoms with van der Waals surface area (Å²) >= 11 is 0. The van der Waals surface area contributed by atoms with Crippen LogP contribution in [0.2, 0.25) is 0 Å². The van der Waals surface area contributed by atoms with Gasteiger partial charge in [-0.3, -0.25) is 4.79 Å². The number of carbonyl (C=O) groups is 1. The van der Waals surface area contributed by atoms with E-state index in [0.717, 1.165) is 5.56 Å². The Labute approximate surface area is 156 Å². The first-order chi connectivity index (χ1) is 13.0. The normalized spacial score (nSPS) is 10.9. The zero-order valence-electron chi connectivity index (χ0n) is 15.0. The summed E-state index contributed by atoms with van der Waals surface area (Å²) in [6.45, 7) is 3.71. The molecule has 0 aliphatic heterocycles. The van der Waals surface area contributed by atoms with E-state index < -0.39 is 0 Å². The molecular formula is C22H18N2O3. The number of phenolic OH excluding ortho intramolecular Hbond substituents is 1. The van der Waals surface area contributed by atoms with Gasteiger partial charge < -0.3 is 14.8 Å². The molecule has 0 saturated carbocycles. The van der Waals surface area contributed by atoms with E-state index in [0.29, 0.717) is 39.4 Å². The first-order valence-electron chi connectivity index (χ1n) is 8.59. The van der Waals surface area contributed by atoms with Crippen LogP contribution in [0.1, 0.15) is 21.5 Å². The number of hydrogen-bond donors (Lipinski definition) is 2. The molecule has 0 saturated heterocycles. The SMILES string of the molecule is Cc1cccc(C(=O)Nc2cc(C)c(O)c(-c3nc4ccccc4o3)c2)c1. The molecule has 0 bridgehead atoms. The van der Waals surface area contributed by atoms with Crippen molar-refractivity contribution in [2.24, 2.45) is 0 Å². The molecule has 27 heavy (non-hydrogen) atoms. The molecule has 4 rings (SSSR count). The summed E-state index contributed by atoms with van der Waals surface area (Å²) in [6, 6.07) is 18.1. The first-order valence-corrected chi connectivity index (χ1v) is 8.59. The van der Waals surface area contributed by atoms with Crippen molar-refractivity contribution >= 4 is 22.7 Å². The molecule has 1 amide bonds. The standard InChI is InChI=1S/C22H18N2O3/c1-13-6-5-7-15(10-13)21(26)23-16-11-14(2)20(25)17(12-16)22-24-18-8-3-4-9-19(18)27-22/h3-12,25H,1-2H3,(H,23,26). The number of nitrogens with one attached hydrogen (secondary N) is 1. The van der Waals surface area contributed by atoms with Crippen molar-refractivity contribution in [2.75, 3.05) is 5.32 Å². The van der Waals surface area contributed by atoms with Gasteiger partial charge in [0.2, 0.25) is 5.89 Å². The molecule has 134 valence electrons. The Morgan fingerprint density at radius 2 is 1.85 bits per heavy atom. The van der Waals surface area contributed by atoms with E-state index in [4.69, 9.17) is 4.42 Å². The fourth-order valence-electron chi connectivity index (χ4n) is 2.99. The van der Waals surface area contributed by atoms with Crippen LogP contribution in [0, 0.1) is 13.8 Å². The quantitative estimate of drug-likeness (QED) is 0.501. The summed E-state index contributed by atoms with van der Waals surface area (Å²) in [5, 5.41) is 13.4. The third-order valence-corrected chi connectivity index (χ3v) is 4.36. The summed E-state index contributed by atoms with van der Waals surface area (Å²) in [6.07, 6.45) is 0. The molecule has 0 spiro atoms. The molecule has 3 aromatic carbocycles. The van der Waals surface area contributed by atoms with Gasteiger partial charge >= 0.3 is 0 Å². The lowest BCUT2D eigenvalue weighted by molar-refractivity contribution is 0.102. The highest BCUT2D eigenvalue weighted by Gasteiger charge is 2.16. The van der Waals surface area contributed by atoms with E-state index in [9.17, 15) is 9.90 Å². The molecule has 1 heterocycles. The Morgan fingerprint density at radius 3 is 2.63 bits per heavy atom. The van der Waals surface area contributed by atoms with Gasteiger partial charge in [-0.1, -0.05) is 29.8 Å². The molecule has 0 radical (unpaired) electrons. The second-order valence-corrected chi connectivity index (χ2v) is 6.50.